The minimum atomic E-state index is -0.361. The molecule has 418 valence electrons. The summed E-state index contributed by atoms with van der Waals surface area (Å²) in [4.78, 5) is 67.7. The van der Waals surface area contributed by atoms with Crippen LogP contribution in [0, 0.1) is 5.92 Å². The Hall–Kier alpha value is -3.65. The van der Waals surface area contributed by atoms with E-state index in [0.717, 1.165) is 175 Å². The van der Waals surface area contributed by atoms with Crippen LogP contribution < -0.4 is 0 Å². The van der Waals surface area contributed by atoms with Crippen LogP contribution in [0.25, 0.3) is 0 Å². The van der Waals surface area contributed by atoms with Crippen LogP contribution in [0.5, 0.6) is 0 Å². The second-order valence-electron chi connectivity index (χ2n) is 23.5. The average molecular weight is 1020 g/mol. The molecule has 7 rings (SSSR count). The van der Waals surface area contributed by atoms with E-state index in [2.05, 4.69) is 41.5 Å². The first-order valence-corrected chi connectivity index (χ1v) is 29.0. The van der Waals surface area contributed by atoms with Gasteiger partial charge in [-0.15, -0.1) is 0 Å². The fourth-order valence-corrected chi connectivity index (χ4v) is 10.4. The largest absolute Gasteiger partial charge is 0.444 e. The van der Waals surface area contributed by atoms with E-state index in [1.807, 2.05) is 56.2 Å². The monoisotopic (exact) mass is 1020 g/mol. The van der Waals surface area contributed by atoms with Crippen LogP contribution in [0.1, 0.15) is 237 Å². The SMILES string of the molecule is CC(C)(C)OC(=O)N1CCCC1.CC(C)(OC(=O)N1CCCC1)C1CCCCC1.CCC(C)(C)OC(=O)N1CCCC1.CCC(CC)(CC)OC(=O)N1CCCC1.CCC1(OC(=O)N2CCCC2)CCCC1. The molecule has 2 saturated carbocycles. The molecular weight excluding hydrogens is 915 g/mol. The summed E-state index contributed by atoms with van der Waals surface area (Å²) in [6, 6.07) is 0. The second-order valence-corrected chi connectivity index (χ2v) is 23.5. The van der Waals surface area contributed by atoms with Crippen molar-refractivity contribution in [2.45, 2.75) is 265 Å². The van der Waals surface area contributed by atoms with Gasteiger partial charge in [0.1, 0.15) is 28.0 Å². The maximum absolute atomic E-state index is 12.0. The fraction of sp³-hybridized carbons (Fsp3) is 0.912. The smallest absolute Gasteiger partial charge is 0.410 e. The molecule has 7 aliphatic rings. The van der Waals surface area contributed by atoms with Crippen LogP contribution >= 0.6 is 0 Å². The molecule has 15 nitrogen and oxygen atoms in total. The molecule has 5 amide bonds. The quantitative estimate of drug-likeness (QED) is 0.194. The van der Waals surface area contributed by atoms with Crippen LogP contribution in [0.3, 0.4) is 0 Å². The van der Waals surface area contributed by atoms with E-state index in [4.69, 9.17) is 23.7 Å². The highest BCUT2D eigenvalue weighted by Crippen LogP contribution is 2.37. The molecule has 0 N–H and O–H groups in total. The molecule has 0 bridgehead atoms. The van der Waals surface area contributed by atoms with Crippen molar-refractivity contribution in [1.29, 1.82) is 0 Å². The summed E-state index contributed by atoms with van der Waals surface area (Å²) in [6.07, 6.45) is 26.0. The Balaban J connectivity index is 0.000000239. The van der Waals surface area contributed by atoms with Gasteiger partial charge in [0, 0.05) is 65.4 Å². The third kappa shape index (κ3) is 21.7. The van der Waals surface area contributed by atoms with Crippen molar-refractivity contribution in [2.75, 3.05) is 65.4 Å². The molecule has 0 aromatic rings. The minimum absolute atomic E-state index is 0.0729. The zero-order valence-corrected chi connectivity index (χ0v) is 47.9. The summed E-state index contributed by atoms with van der Waals surface area (Å²) in [7, 11) is 0. The Morgan fingerprint density at radius 1 is 0.403 bits per heavy atom. The van der Waals surface area contributed by atoms with Crippen LogP contribution in [0.4, 0.5) is 24.0 Å². The highest BCUT2D eigenvalue weighted by atomic mass is 16.6. The normalized spacial score (nSPS) is 20.2. The van der Waals surface area contributed by atoms with Crippen molar-refractivity contribution in [2.24, 2.45) is 5.92 Å². The maximum Gasteiger partial charge on any atom is 0.410 e. The van der Waals surface area contributed by atoms with E-state index in [-0.39, 0.29) is 58.5 Å². The number of carbonyl (C=O) groups excluding carboxylic acids is 5. The lowest BCUT2D eigenvalue weighted by molar-refractivity contribution is -0.0323. The van der Waals surface area contributed by atoms with Crippen molar-refractivity contribution >= 4 is 30.5 Å². The molecule has 0 aromatic carbocycles. The molecule has 0 aromatic heterocycles. The summed E-state index contributed by atoms with van der Waals surface area (Å²) >= 11 is 0. The molecule has 0 atom stereocenters. The summed E-state index contributed by atoms with van der Waals surface area (Å²) < 4.78 is 27.7. The van der Waals surface area contributed by atoms with Gasteiger partial charge in [-0.3, -0.25) is 0 Å². The molecule has 72 heavy (non-hydrogen) atoms. The van der Waals surface area contributed by atoms with Gasteiger partial charge in [-0.05, 0) is 189 Å². The van der Waals surface area contributed by atoms with E-state index in [1.54, 1.807) is 9.80 Å². The highest BCUT2D eigenvalue weighted by Gasteiger charge is 2.39. The molecule has 2 aliphatic carbocycles. The molecule has 0 unspecified atom stereocenters. The predicted molar refractivity (Wildman–Crippen MR) is 286 cm³/mol. The summed E-state index contributed by atoms with van der Waals surface area (Å²) in [5.74, 6) is 0.544. The Morgan fingerprint density at radius 3 is 1.07 bits per heavy atom. The van der Waals surface area contributed by atoms with Gasteiger partial charge in [-0.25, -0.2) is 24.0 Å². The minimum Gasteiger partial charge on any atom is -0.444 e. The molecule has 5 heterocycles. The Labute approximate surface area is 437 Å². The lowest BCUT2D eigenvalue weighted by atomic mass is 9.79. The van der Waals surface area contributed by atoms with Crippen LogP contribution in [0.15, 0.2) is 0 Å². The first kappa shape index (κ1) is 62.6. The van der Waals surface area contributed by atoms with Gasteiger partial charge in [0.25, 0.3) is 0 Å². The number of carbonyl (C=O) groups is 5. The van der Waals surface area contributed by atoms with Gasteiger partial charge in [0.2, 0.25) is 0 Å². The van der Waals surface area contributed by atoms with Crippen molar-refractivity contribution < 1.29 is 47.7 Å². The lowest BCUT2D eigenvalue weighted by Crippen LogP contribution is -2.42. The van der Waals surface area contributed by atoms with Gasteiger partial charge in [0.05, 0.1) is 0 Å². The van der Waals surface area contributed by atoms with E-state index >= 15 is 0 Å². The summed E-state index contributed by atoms with van der Waals surface area (Å²) in [5.41, 5.74) is -1.33. The number of nitrogens with zero attached hydrogens (tertiary/aromatic N) is 5. The average Bonchev–Trinajstić information content (AvgIpc) is 4.22. The fourth-order valence-electron chi connectivity index (χ4n) is 10.4. The number of ether oxygens (including phenoxy) is 5. The maximum atomic E-state index is 12.0. The second kappa shape index (κ2) is 30.7. The zero-order valence-electron chi connectivity index (χ0n) is 47.9. The Bertz CT molecular complexity index is 1540. The Kier molecular flexibility index (Phi) is 26.7. The third-order valence-electron chi connectivity index (χ3n) is 16.1. The predicted octanol–water partition coefficient (Wildman–Crippen LogP) is 14.1. The molecule has 5 aliphatic heterocycles. The standard InChI is InChI=1S/C14H25NO2.C12H21NO2.C12H23NO2.C10H19NO2.C9H17NO2/c1-14(2,12-8-4-3-5-9-12)17-13(16)15-10-6-7-11-15;1-2-12(7-3-4-8-12)15-11(14)13-9-5-6-10-13;1-4-12(5-2,6-3)15-11(14)13-9-7-8-10-13;1-4-10(2,3)13-9(12)11-7-5-6-8-11;1-9(2,3)12-8(11)10-6-4-5-7-10/h12H,3-11H2,1-2H3;2-10H2,1H3;4-10H2,1-3H3;4-8H2,1-3H3;4-7H2,1-3H3. The first-order chi connectivity index (χ1) is 34.1. The van der Waals surface area contributed by atoms with E-state index in [0.29, 0.717) is 5.92 Å². The Morgan fingerprint density at radius 2 is 0.736 bits per heavy atom. The zero-order chi connectivity index (χ0) is 53.4. The molecule has 7 fully saturated rings. The van der Waals surface area contributed by atoms with Gasteiger partial charge in [-0.2, -0.15) is 0 Å². The topological polar surface area (TPSA) is 148 Å². The van der Waals surface area contributed by atoms with E-state index < -0.39 is 0 Å². The van der Waals surface area contributed by atoms with E-state index in [9.17, 15) is 24.0 Å². The third-order valence-corrected chi connectivity index (χ3v) is 16.1. The van der Waals surface area contributed by atoms with Gasteiger partial charge >= 0.3 is 30.5 Å². The summed E-state index contributed by atoms with van der Waals surface area (Å²) in [5, 5.41) is 0. The van der Waals surface area contributed by atoms with Crippen molar-refractivity contribution in [3.05, 3.63) is 0 Å². The van der Waals surface area contributed by atoms with E-state index in [1.165, 1.54) is 44.9 Å². The van der Waals surface area contributed by atoms with Crippen molar-refractivity contribution in [1.82, 2.24) is 24.5 Å². The van der Waals surface area contributed by atoms with Crippen molar-refractivity contribution in [3.63, 3.8) is 0 Å². The molecule has 0 radical (unpaired) electrons. The highest BCUT2D eigenvalue weighted by molar-refractivity contribution is 5.70. The van der Waals surface area contributed by atoms with Gasteiger partial charge in [0.15, 0.2) is 0 Å². The molecule has 15 heteroatoms. The van der Waals surface area contributed by atoms with Gasteiger partial charge < -0.3 is 48.2 Å². The first-order valence-electron chi connectivity index (χ1n) is 29.0. The number of hydrogen-bond acceptors (Lipinski definition) is 10. The van der Waals surface area contributed by atoms with Gasteiger partial charge in [-0.1, -0.05) is 53.9 Å². The van der Waals surface area contributed by atoms with Crippen LogP contribution in [-0.4, -0.2) is 148 Å². The number of rotatable bonds is 10. The van der Waals surface area contributed by atoms with Crippen LogP contribution in [0.2, 0.25) is 0 Å². The molecule has 5 saturated heterocycles. The number of likely N-dealkylation sites (tertiary alicyclic amines) is 5. The van der Waals surface area contributed by atoms with Crippen LogP contribution in [-0.2, 0) is 23.7 Å². The lowest BCUT2D eigenvalue weighted by Gasteiger charge is -2.37. The van der Waals surface area contributed by atoms with Crippen molar-refractivity contribution in [3.8, 4) is 0 Å². The number of amides is 5. The summed E-state index contributed by atoms with van der Waals surface area (Å²) in [6.45, 7) is 32.8. The number of hydrogen-bond donors (Lipinski definition) is 0. The molecule has 0 spiro atoms. The molecular formula is C57H105N5O10.